The van der Waals surface area contributed by atoms with Crippen molar-refractivity contribution in [2.24, 2.45) is 0 Å². The molecule has 0 saturated heterocycles. The Kier molecular flexibility index (Phi) is 4.11. The predicted octanol–water partition coefficient (Wildman–Crippen LogP) is 2.95. The molecule has 0 saturated carbocycles. The molecule has 3 nitrogen and oxygen atoms in total. The van der Waals surface area contributed by atoms with Crippen LogP contribution in [-0.4, -0.2) is 25.5 Å². The predicted molar refractivity (Wildman–Crippen MR) is 55.6 cm³/mol. The molecule has 0 spiro atoms. The summed E-state index contributed by atoms with van der Waals surface area (Å²) in [4.78, 5) is 0. The molecule has 1 atom stereocenters. The Labute approximate surface area is 101 Å². The molecule has 0 radical (unpaired) electrons. The number of hydrogen-bond acceptors (Lipinski definition) is 3. The molecule has 1 N–H and O–H groups in total. The molecule has 96 valence electrons. The minimum absolute atomic E-state index is 0.0148. The molecule has 0 bridgehead atoms. The van der Waals surface area contributed by atoms with Crippen LogP contribution in [0.2, 0.25) is 5.02 Å². The van der Waals surface area contributed by atoms with E-state index in [1.54, 1.807) is 0 Å². The summed E-state index contributed by atoms with van der Waals surface area (Å²) in [5, 5.41) is 9.21. The van der Waals surface area contributed by atoms with Gasteiger partial charge in [0.05, 0.1) is 14.2 Å². The van der Waals surface area contributed by atoms with Crippen molar-refractivity contribution in [2.45, 2.75) is 12.3 Å². The molecule has 7 heteroatoms. The first-order valence-corrected chi connectivity index (χ1v) is 4.85. The van der Waals surface area contributed by atoms with Crippen LogP contribution in [0.4, 0.5) is 13.2 Å². The Balaban J connectivity index is 3.36. The Morgan fingerprint density at radius 1 is 1.24 bits per heavy atom. The van der Waals surface area contributed by atoms with E-state index >= 15 is 0 Å². The average molecular weight is 271 g/mol. The van der Waals surface area contributed by atoms with Gasteiger partial charge in [0.1, 0.15) is 0 Å². The average Bonchev–Trinajstić information content (AvgIpc) is 2.25. The van der Waals surface area contributed by atoms with Gasteiger partial charge in [-0.2, -0.15) is 13.2 Å². The highest BCUT2D eigenvalue weighted by Crippen LogP contribution is 2.43. The van der Waals surface area contributed by atoms with E-state index in [0.29, 0.717) is 0 Å². The maximum atomic E-state index is 12.4. The van der Waals surface area contributed by atoms with Gasteiger partial charge in [0.25, 0.3) is 0 Å². The molecule has 1 aromatic carbocycles. The summed E-state index contributed by atoms with van der Waals surface area (Å²) >= 11 is 5.64. The Morgan fingerprint density at radius 3 is 2.24 bits per heavy atom. The van der Waals surface area contributed by atoms with Crippen LogP contribution in [0.5, 0.6) is 11.5 Å². The first-order chi connectivity index (χ1) is 7.81. The van der Waals surface area contributed by atoms with E-state index in [9.17, 15) is 18.3 Å². The highest BCUT2D eigenvalue weighted by atomic mass is 35.5. The van der Waals surface area contributed by atoms with Crippen molar-refractivity contribution in [3.8, 4) is 11.5 Å². The van der Waals surface area contributed by atoms with E-state index in [4.69, 9.17) is 21.1 Å². The lowest BCUT2D eigenvalue weighted by atomic mass is 10.1. The number of ether oxygens (including phenoxy) is 2. The summed E-state index contributed by atoms with van der Waals surface area (Å²) < 4.78 is 46.9. The third-order valence-corrected chi connectivity index (χ3v) is 2.30. The van der Waals surface area contributed by atoms with Gasteiger partial charge in [0.15, 0.2) is 17.6 Å². The number of methoxy groups -OCH3 is 2. The second kappa shape index (κ2) is 5.01. The minimum Gasteiger partial charge on any atom is -0.493 e. The van der Waals surface area contributed by atoms with E-state index in [0.717, 1.165) is 6.07 Å². The van der Waals surface area contributed by atoms with Gasteiger partial charge in [-0.15, -0.1) is 0 Å². The van der Waals surface area contributed by atoms with Gasteiger partial charge in [-0.25, -0.2) is 0 Å². The molecule has 1 aromatic rings. The lowest BCUT2D eigenvalue weighted by molar-refractivity contribution is -0.207. The van der Waals surface area contributed by atoms with E-state index in [-0.39, 0.29) is 16.5 Å². The topological polar surface area (TPSA) is 38.7 Å². The van der Waals surface area contributed by atoms with Crippen molar-refractivity contribution in [1.29, 1.82) is 0 Å². The number of halogens is 4. The van der Waals surface area contributed by atoms with Crippen molar-refractivity contribution in [2.75, 3.05) is 14.2 Å². The van der Waals surface area contributed by atoms with Crippen LogP contribution in [-0.2, 0) is 0 Å². The summed E-state index contributed by atoms with van der Waals surface area (Å²) in [7, 11) is 2.44. The number of aliphatic hydroxyl groups excluding tert-OH is 1. The monoisotopic (exact) mass is 270 g/mol. The summed E-state index contributed by atoms with van der Waals surface area (Å²) in [6, 6.07) is 2.29. The van der Waals surface area contributed by atoms with Gasteiger partial charge < -0.3 is 14.6 Å². The van der Waals surface area contributed by atoms with Crippen LogP contribution < -0.4 is 9.47 Å². The molecule has 1 rings (SSSR count). The lowest BCUT2D eigenvalue weighted by Crippen LogP contribution is -2.21. The fraction of sp³-hybridized carbons (Fsp3) is 0.400. The Hall–Kier alpha value is -1.14. The summed E-state index contributed by atoms with van der Waals surface area (Å²) in [5.41, 5.74) is -0.482. The summed E-state index contributed by atoms with van der Waals surface area (Å²) in [5.74, 6) is -0.167. The number of benzene rings is 1. The molecule has 17 heavy (non-hydrogen) atoms. The van der Waals surface area contributed by atoms with Crippen LogP contribution in [0, 0.1) is 0 Å². The van der Waals surface area contributed by atoms with Gasteiger partial charge in [-0.3, -0.25) is 0 Å². The number of aliphatic hydroxyl groups is 1. The third-order valence-electron chi connectivity index (χ3n) is 2.08. The van der Waals surface area contributed by atoms with Crippen molar-refractivity contribution < 1.29 is 27.8 Å². The second-order valence-electron chi connectivity index (χ2n) is 3.17. The minimum atomic E-state index is -4.80. The maximum absolute atomic E-state index is 12.4. The molecule has 0 fully saturated rings. The highest BCUT2D eigenvalue weighted by molar-refractivity contribution is 6.30. The van der Waals surface area contributed by atoms with E-state index in [1.165, 1.54) is 20.3 Å². The zero-order chi connectivity index (χ0) is 13.2. The molecular weight excluding hydrogens is 261 g/mol. The van der Waals surface area contributed by atoms with Crippen LogP contribution in [0.3, 0.4) is 0 Å². The first-order valence-electron chi connectivity index (χ1n) is 4.47. The fourth-order valence-electron chi connectivity index (χ4n) is 1.34. The van der Waals surface area contributed by atoms with Crippen molar-refractivity contribution in [3.63, 3.8) is 0 Å². The van der Waals surface area contributed by atoms with Gasteiger partial charge >= 0.3 is 6.18 Å². The van der Waals surface area contributed by atoms with Crippen molar-refractivity contribution >= 4 is 11.6 Å². The normalized spacial score (nSPS) is 13.4. The second-order valence-corrected chi connectivity index (χ2v) is 3.61. The number of hydrogen-bond donors (Lipinski definition) is 1. The maximum Gasteiger partial charge on any atom is 0.418 e. The first kappa shape index (κ1) is 13.9. The zero-order valence-corrected chi connectivity index (χ0v) is 9.76. The molecule has 0 heterocycles. The standard InChI is InChI=1S/C10H10ClF3O3/c1-16-7-4-5(11)3-6(8(7)17-2)9(15)10(12,13)14/h3-4,9,15H,1-2H3. The Bertz CT molecular complexity index is 407. The Morgan fingerprint density at radius 2 is 1.82 bits per heavy atom. The number of alkyl halides is 3. The zero-order valence-electron chi connectivity index (χ0n) is 9.01. The molecule has 0 aliphatic carbocycles. The van der Waals surface area contributed by atoms with Gasteiger partial charge in [-0.1, -0.05) is 11.6 Å². The molecule has 0 amide bonds. The highest BCUT2D eigenvalue weighted by Gasteiger charge is 2.41. The molecule has 0 aliphatic heterocycles. The molecule has 1 unspecified atom stereocenters. The van der Waals surface area contributed by atoms with E-state index in [2.05, 4.69) is 0 Å². The molecule has 0 aromatic heterocycles. The quantitative estimate of drug-likeness (QED) is 0.918. The summed E-state index contributed by atoms with van der Waals surface area (Å²) in [6.45, 7) is 0. The van der Waals surface area contributed by atoms with Crippen LogP contribution in [0.25, 0.3) is 0 Å². The van der Waals surface area contributed by atoms with Gasteiger partial charge in [0.2, 0.25) is 0 Å². The van der Waals surface area contributed by atoms with Crippen LogP contribution in [0.15, 0.2) is 12.1 Å². The van der Waals surface area contributed by atoms with Crippen molar-refractivity contribution in [1.82, 2.24) is 0 Å². The fourth-order valence-corrected chi connectivity index (χ4v) is 1.55. The smallest absolute Gasteiger partial charge is 0.418 e. The summed E-state index contributed by atoms with van der Waals surface area (Å²) in [6.07, 6.45) is -7.48. The SMILES string of the molecule is COc1cc(Cl)cc(C(O)C(F)(F)F)c1OC. The molecular formula is C10H10ClF3O3. The molecule has 0 aliphatic rings. The number of rotatable bonds is 3. The van der Waals surface area contributed by atoms with Crippen molar-refractivity contribution in [3.05, 3.63) is 22.7 Å². The van der Waals surface area contributed by atoms with Crippen LogP contribution in [0.1, 0.15) is 11.7 Å². The van der Waals surface area contributed by atoms with Crippen LogP contribution >= 0.6 is 11.6 Å². The van der Waals surface area contributed by atoms with Gasteiger partial charge in [0, 0.05) is 16.7 Å². The largest absolute Gasteiger partial charge is 0.493 e. The third kappa shape index (κ3) is 2.95. The van der Waals surface area contributed by atoms with Gasteiger partial charge in [-0.05, 0) is 6.07 Å². The lowest BCUT2D eigenvalue weighted by Gasteiger charge is -2.19. The van der Waals surface area contributed by atoms with E-state index in [1.807, 2.05) is 0 Å². The van der Waals surface area contributed by atoms with E-state index < -0.39 is 17.8 Å².